The molecule has 0 saturated carbocycles. The molecule has 0 radical (unpaired) electrons. The zero-order valence-electron chi connectivity index (χ0n) is 16.0. The number of likely N-dealkylation sites (tertiary alicyclic amines) is 1. The normalized spacial score (nSPS) is 24.2. The molecule has 7 heteroatoms. The quantitative estimate of drug-likeness (QED) is 0.719. The molecular weight excluding hydrogens is 369 g/mol. The number of alkyl halides is 3. The molecule has 1 spiro atoms. The van der Waals surface area contributed by atoms with Crippen molar-refractivity contribution >= 4 is 11.7 Å². The van der Waals surface area contributed by atoms with Gasteiger partial charge in [-0.1, -0.05) is 19.9 Å². The lowest BCUT2D eigenvalue weighted by molar-refractivity contribution is -0.137. The molecular formula is C21H21F3N2O2. The van der Waals surface area contributed by atoms with Crippen molar-refractivity contribution in [3.8, 4) is 6.07 Å². The maximum Gasteiger partial charge on any atom is 0.416 e. The number of hydrogen-bond acceptors (Lipinski definition) is 3. The van der Waals surface area contributed by atoms with E-state index in [4.69, 9.17) is 0 Å². The van der Waals surface area contributed by atoms with Gasteiger partial charge >= 0.3 is 6.18 Å². The number of aryl methyl sites for hydroxylation is 1. The van der Waals surface area contributed by atoms with Crippen molar-refractivity contribution in [1.82, 2.24) is 4.90 Å². The van der Waals surface area contributed by atoms with Gasteiger partial charge in [-0.05, 0) is 43.5 Å². The SMILES string of the molecule is Cc1cc(C(=O)N2CC[C@@]3(C=C(C#N)C(=O)C(C)(C)C3)C2)cc(C(F)(F)F)c1. The highest BCUT2D eigenvalue weighted by Gasteiger charge is 2.49. The third kappa shape index (κ3) is 3.56. The molecule has 1 aromatic carbocycles. The molecule has 0 unspecified atom stereocenters. The zero-order chi connectivity index (χ0) is 20.9. The minimum atomic E-state index is -4.52. The lowest BCUT2D eigenvalue weighted by Gasteiger charge is -2.38. The topological polar surface area (TPSA) is 61.2 Å². The Hall–Kier alpha value is -2.62. The van der Waals surface area contributed by atoms with E-state index >= 15 is 0 Å². The van der Waals surface area contributed by atoms with E-state index in [1.165, 1.54) is 17.9 Å². The van der Waals surface area contributed by atoms with Gasteiger partial charge < -0.3 is 4.90 Å². The molecule has 1 saturated heterocycles. The van der Waals surface area contributed by atoms with Crippen LogP contribution < -0.4 is 0 Å². The fourth-order valence-electron chi connectivity index (χ4n) is 4.41. The summed E-state index contributed by atoms with van der Waals surface area (Å²) in [6.07, 6.45) is -1.80. The molecule has 1 fully saturated rings. The number of ketones is 1. The fourth-order valence-corrected chi connectivity index (χ4v) is 4.41. The third-order valence-electron chi connectivity index (χ3n) is 5.55. The summed E-state index contributed by atoms with van der Waals surface area (Å²) < 4.78 is 39.2. The van der Waals surface area contributed by atoms with Crippen molar-refractivity contribution in [3.63, 3.8) is 0 Å². The molecule has 1 aliphatic heterocycles. The number of allylic oxidation sites excluding steroid dienone is 1. The van der Waals surface area contributed by atoms with E-state index in [0.29, 0.717) is 24.9 Å². The van der Waals surface area contributed by atoms with Crippen molar-refractivity contribution in [2.24, 2.45) is 10.8 Å². The molecule has 4 nitrogen and oxygen atoms in total. The minimum Gasteiger partial charge on any atom is -0.338 e. The van der Waals surface area contributed by atoms with Crippen LogP contribution in [0.4, 0.5) is 13.2 Å². The first kappa shape index (κ1) is 20.1. The number of carbonyl (C=O) groups excluding carboxylic acids is 2. The number of benzene rings is 1. The van der Waals surface area contributed by atoms with Gasteiger partial charge in [0.15, 0.2) is 5.78 Å². The number of nitrogens with zero attached hydrogens (tertiary/aromatic N) is 2. The molecule has 28 heavy (non-hydrogen) atoms. The Bertz CT molecular complexity index is 925. The van der Waals surface area contributed by atoms with Gasteiger partial charge in [0.05, 0.1) is 11.1 Å². The molecule has 3 rings (SSSR count). The number of halogens is 3. The Kier molecular flexibility index (Phi) is 4.65. The Balaban J connectivity index is 1.90. The van der Waals surface area contributed by atoms with E-state index in [1.54, 1.807) is 19.9 Å². The first-order valence-corrected chi connectivity index (χ1v) is 9.03. The maximum atomic E-state index is 13.1. The smallest absolute Gasteiger partial charge is 0.338 e. The summed E-state index contributed by atoms with van der Waals surface area (Å²) in [5, 5.41) is 9.30. The Morgan fingerprint density at radius 2 is 1.93 bits per heavy atom. The van der Waals surface area contributed by atoms with Crippen LogP contribution in [-0.2, 0) is 11.0 Å². The van der Waals surface area contributed by atoms with Gasteiger partial charge in [-0.25, -0.2) is 0 Å². The molecule has 2 aliphatic rings. The second-order valence-electron chi connectivity index (χ2n) is 8.48. The van der Waals surface area contributed by atoms with E-state index in [0.717, 1.165) is 12.1 Å². The molecule has 1 aliphatic carbocycles. The molecule has 0 aromatic heterocycles. The van der Waals surface area contributed by atoms with Crippen LogP contribution in [0.15, 0.2) is 29.8 Å². The highest BCUT2D eigenvalue weighted by atomic mass is 19.4. The Labute approximate surface area is 161 Å². The van der Waals surface area contributed by atoms with Crippen LogP contribution in [0, 0.1) is 29.1 Å². The number of amides is 1. The van der Waals surface area contributed by atoms with E-state index in [1.807, 2.05) is 6.07 Å². The number of carbonyl (C=O) groups is 2. The van der Waals surface area contributed by atoms with Crippen LogP contribution in [0.2, 0.25) is 0 Å². The summed E-state index contributed by atoms with van der Waals surface area (Å²) in [7, 11) is 0. The number of hydrogen-bond donors (Lipinski definition) is 0. The lowest BCUT2D eigenvalue weighted by atomic mass is 9.64. The van der Waals surface area contributed by atoms with Crippen LogP contribution in [0.3, 0.4) is 0 Å². The van der Waals surface area contributed by atoms with Crippen molar-refractivity contribution in [2.45, 2.75) is 39.8 Å². The highest BCUT2D eigenvalue weighted by molar-refractivity contribution is 6.04. The predicted octanol–water partition coefficient (Wildman–Crippen LogP) is 4.30. The first-order chi connectivity index (χ1) is 12.9. The maximum absolute atomic E-state index is 13.1. The van der Waals surface area contributed by atoms with Gasteiger partial charge in [0, 0.05) is 29.5 Å². The van der Waals surface area contributed by atoms with Crippen molar-refractivity contribution in [1.29, 1.82) is 5.26 Å². The van der Waals surface area contributed by atoms with Crippen LogP contribution >= 0.6 is 0 Å². The van der Waals surface area contributed by atoms with Gasteiger partial charge in [-0.2, -0.15) is 18.4 Å². The van der Waals surface area contributed by atoms with E-state index in [2.05, 4.69) is 0 Å². The number of nitriles is 1. The average molecular weight is 390 g/mol. The molecule has 1 heterocycles. The van der Waals surface area contributed by atoms with E-state index in [9.17, 15) is 28.0 Å². The monoisotopic (exact) mass is 390 g/mol. The number of Topliss-reactive ketones (excluding diaryl/α,β-unsaturated/α-hetero) is 1. The standard InChI is InChI=1S/C21H21F3N2O2/c1-13-6-14(8-16(7-13)21(22,23)24)18(28)26-5-4-20(12-26)9-15(10-25)17(27)19(2,3)11-20/h6-9H,4-5,11-12H2,1-3H3/t20-/m0/s1. The molecule has 1 atom stereocenters. The first-order valence-electron chi connectivity index (χ1n) is 9.03. The Morgan fingerprint density at radius 1 is 1.25 bits per heavy atom. The van der Waals surface area contributed by atoms with Gasteiger partial charge in [0.2, 0.25) is 0 Å². The lowest BCUT2D eigenvalue weighted by Crippen LogP contribution is -2.40. The molecule has 148 valence electrons. The van der Waals surface area contributed by atoms with Crippen LogP contribution in [0.5, 0.6) is 0 Å². The summed E-state index contributed by atoms with van der Waals surface area (Å²) >= 11 is 0. The summed E-state index contributed by atoms with van der Waals surface area (Å²) in [5.74, 6) is -0.674. The second-order valence-corrected chi connectivity index (χ2v) is 8.48. The fraction of sp³-hybridized carbons (Fsp3) is 0.476. The summed E-state index contributed by atoms with van der Waals surface area (Å²) in [5.41, 5.74) is -1.61. The summed E-state index contributed by atoms with van der Waals surface area (Å²) in [6, 6.07) is 5.30. The van der Waals surface area contributed by atoms with Gasteiger partial charge in [-0.15, -0.1) is 0 Å². The molecule has 1 aromatic rings. The van der Waals surface area contributed by atoms with Crippen molar-refractivity contribution in [3.05, 3.63) is 46.5 Å². The molecule has 1 amide bonds. The summed E-state index contributed by atoms with van der Waals surface area (Å²) in [6.45, 7) is 5.73. The summed E-state index contributed by atoms with van der Waals surface area (Å²) in [4.78, 5) is 26.8. The van der Waals surface area contributed by atoms with E-state index in [-0.39, 0.29) is 23.5 Å². The van der Waals surface area contributed by atoms with Crippen molar-refractivity contribution in [2.75, 3.05) is 13.1 Å². The van der Waals surface area contributed by atoms with E-state index < -0.39 is 28.5 Å². The Morgan fingerprint density at radius 3 is 2.54 bits per heavy atom. The van der Waals surface area contributed by atoms with Crippen molar-refractivity contribution < 1.29 is 22.8 Å². The molecule has 0 N–H and O–H groups in total. The molecule has 0 bridgehead atoms. The third-order valence-corrected chi connectivity index (χ3v) is 5.55. The second kappa shape index (κ2) is 6.47. The number of rotatable bonds is 1. The van der Waals surface area contributed by atoms with Gasteiger partial charge in [-0.3, -0.25) is 9.59 Å². The van der Waals surface area contributed by atoms with Gasteiger partial charge in [0.25, 0.3) is 5.91 Å². The van der Waals surface area contributed by atoms with Crippen LogP contribution in [-0.4, -0.2) is 29.7 Å². The minimum absolute atomic E-state index is 0.00000674. The zero-order valence-corrected chi connectivity index (χ0v) is 16.0. The highest BCUT2D eigenvalue weighted by Crippen LogP contribution is 2.48. The van der Waals surface area contributed by atoms with Crippen LogP contribution in [0.25, 0.3) is 0 Å². The average Bonchev–Trinajstić information content (AvgIpc) is 2.99. The van der Waals surface area contributed by atoms with Crippen LogP contribution in [0.1, 0.15) is 48.2 Å². The predicted molar refractivity (Wildman–Crippen MR) is 96.2 cm³/mol. The largest absolute Gasteiger partial charge is 0.416 e. The van der Waals surface area contributed by atoms with Gasteiger partial charge in [0.1, 0.15) is 6.07 Å².